The van der Waals surface area contributed by atoms with Crippen LogP contribution in [0.5, 0.6) is 0 Å². The van der Waals surface area contributed by atoms with Crippen molar-refractivity contribution in [1.82, 2.24) is 20.5 Å². The zero-order valence-corrected chi connectivity index (χ0v) is 14.6. The third-order valence-corrected chi connectivity index (χ3v) is 4.75. The van der Waals surface area contributed by atoms with Gasteiger partial charge in [0.05, 0.1) is 23.9 Å². The smallest absolute Gasteiger partial charge is 0.225 e. The normalized spacial score (nSPS) is 12.1. The Morgan fingerprint density at radius 3 is 2.83 bits per heavy atom. The van der Waals surface area contributed by atoms with Gasteiger partial charge in [0.25, 0.3) is 0 Å². The molecule has 1 atom stereocenters. The molecule has 5 nitrogen and oxygen atoms in total. The first-order valence-electron chi connectivity index (χ1n) is 7.85. The highest BCUT2D eigenvalue weighted by atomic mass is 32.1. The Bertz CT molecular complexity index is 776. The Morgan fingerprint density at radius 2 is 2.21 bits per heavy atom. The lowest BCUT2D eigenvalue weighted by molar-refractivity contribution is -0.121. The van der Waals surface area contributed by atoms with Gasteiger partial charge in [0, 0.05) is 17.5 Å². The number of aryl methyl sites for hydroxylation is 2. The number of carbonyl (C=O) groups is 1. The predicted molar refractivity (Wildman–Crippen MR) is 94.9 cm³/mol. The Morgan fingerprint density at radius 1 is 1.33 bits per heavy atom. The van der Waals surface area contributed by atoms with E-state index in [9.17, 15) is 4.79 Å². The molecule has 24 heavy (non-hydrogen) atoms. The van der Waals surface area contributed by atoms with Gasteiger partial charge in [0.1, 0.15) is 0 Å². The molecule has 6 heteroatoms. The lowest BCUT2D eigenvalue weighted by atomic mass is 10.0. The number of hydrogen-bond acceptors (Lipinski definition) is 4. The third kappa shape index (κ3) is 3.89. The molecular formula is C18H20N4OS. The number of amides is 1. The van der Waals surface area contributed by atoms with Gasteiger partial charge in [-0.1, -0.05) is 6.07 Å². The van der Waals surface area contributed by atoms with E-state index in [0.29, 0.717) is 6.42 Å². The highest BCUT2D eigenvalue weighted by Crippen LogP contribution is 2.19. The van der Waals surface area contributed by atoms with Crippen LogP contribution in [0.1, 0.15) is 34.3 Å². The van der Waals surface area contributed by atoms with E-state index in [1.807, 2.05) is 37.4 Å². The summed E-state index contributed by atoms with van der Waals surface area (Å²) in [5.74, 6) is -0.0199. The highest BCUT2D eigenvalue weighted by molar-refractivity contribution is 7.07. The SMILES string of the molecule is Cc1n[nH]c(C)c1CC(=O)NC(Cc1ccsc1)c1ccccn1. The van der Waals surface area contributed by atoms with Crippen LogP contribution in [0.3, 0.4) is 0 Å². The van der Waals surface area contributed by atoms with Gasteiger partial charge in [-0.2, -0.15) is 16.4 Å². The van der Waals surface area contributed by atoms with E-state index >= 15 is 0 Å². The molecule has 0 spiro atoms. The molecule has 3 aromatic rings. The highest BCUT2D eigenvalue weighted by Gasteiger charge is 2.18. The molecule has 0 radical (unpaired) electrons. The van der Waals surface area contributed by atoms with E-state index < -0.39 is 0 Å². The van der Waals surface area contributed by atoms with Crippen LogP contribution in [0.4, 0.5) is 0 Å². The molecule has 3 rings (SSSR count). The molecule has 0 aliphatic carbocycles. The summed E-state index contributed by atoms with van der Waals surface area (Å²) in [6.45, 7) is 3.85. The van der Waals surface area contributed by atoms with Gasteiger partial charge in [-0.25, -0.2) is 0 Å². The number of nitrogens with one attached hydrogen (secondary N) is 2. The van der Waals surface area contributed by atoms with E-state index in [2.05, 4.69) is 31.9 Å². The third-order valence-electron chi connectivity index (χ3n) is 4.02. The maximum Gasteiger partial charge on any atom is 0.225 e. The molecule has 0 aliphatic rings. The topological polar surface area (TPSA) is 70.7 Å². The number of pyridine rings is 1. The largest absolute Gasteiger partial charge is 0.347 e. The van der Waals surface area contributed by atoms with E-state index in [1.54, 1.807) is 17.5 Å². The number of rotatable bonds is 6. The molecule has 3 aromatic heterocycles. The molecule has 124 valence electrons. The summed E-state index contributed by atoms with van der Waals surface area (Å²) >= 11 is 1.66. The number of thiophene rings is 1. The minimum absolute atomic E-state index is 0.0199. The van der Waals surface area contributed by atoms with Crippen molar-refractivity contribution in [2.45, 2.75) is 32.7 Å². The minimum Gasteiger partial charge on any atom is -0.347 e. The van der Waals surface area contributed by atoms with Gasteiger partial charge in [0.15, 0.2) is 0 Å². The Hall–Kier alpha value is -2.47. The first kappa shape index (κ1) is 16.4. The monoisotopic (exact) mass is 340 g/mol. The lowest BCUT2D eigenvalue weighted by Crippen LogP contribution is -2.31. The van der Waals surface area contributed by atoms with Crippen LogP contribution >= 0.6 is 11.3 Å². The van der Waals surface area contributed by atoms with Crippen molar-refractivity contribution in [3.8, 4) is 0 Å². The van der Waals surface area contributed by atoms with Gasteiger partial charge < -0.3 is 5.32 Å². The second kappa shape index (κ2) is 7.40. The molecule has 0 bridgehead atoms. The standard InChI is InChI=1S/C18H20N4OS/c1-12-15(13(2)22-21-12)10-18(23)20-17(9-14-6-8-24-11-14)16-5-3-4-7-19-16/h3-8,11,17H,9-10H2,1-2H3,(H,20,23)(H,21,22). The maximum atomic E-state index is 12.5. The van der Waals surface area contributed by atoms with Gasteiger partial charge in [-0.15, -0.1) is 0 Å². The van der Waals surface area contributed by atoms with Crippen LogP contribution < -0.4 is 5.32 Å². The maximum absolute atomic E-state index is 12.5. The summed E-state index contributed by atoms with van der Waals surface area (Å²) in [7, 11) is 0. The zero-order valence-electron chi connectivity index (χ0n) is 13.7. The summed E-state index contributed by atoms with van der Waals surface area (Å²) in [5, 5.41) is 14.3. The number of H-pyrrole nitrogens is 1. The van der Waals surface area contributed by atoms with Crippen molar-refractivity contribution in [2.24, 2.45) is 0 Å². The van der Waals surface area contributed by atoms with E-state index in [1.165, 1.54) is 5.56 Å². The first-order valence-corrected chi connectivity index (χ1v) is 8.79. The van der Waals surface area contributed by atoms with E-state index in [-0.39, 0.29) is 11.9 Å². The number of aromatic nitrogens is 3. The Kier molecular flexibility index (Phi) is 5.05. The molecule has 0 aromatic carbocycles. The van der Waals surface area contributed by atoms with Gasteiger partial charge in [0.2, 0.25) is 5.91 Å². The summed E-state index contributed by atoms with van der Waals surface area (Å²) in [5.41, 5.74) is 4.84. The van der Waals surface area contributed by atoms with Crippen molar-refractivity contribution in [2.75, 3.05) is 0 Å². The number of aromatic amines is 1. The lowest BCUT2D eigenvalue weighted by Gasteiger charge is -2.18. The minimum atomic E-state index is -0.138. The fraction of sp³-hybridized carbons (Fsp3) is 0.278. The molecular weight excluding hydrogens is 320 g/mol. The van der Waals surface area contributed by atoms with Crippen LogP contribution in [0, 0.1) is 13.8 Å². The quantitative estimate of drug-likeness (QED) is 0.724. The summed E-state index contributed by atoms with van der Waals surface area (Å²) < 4.78 is 0. The van der Waals surface area contributed by atoms with Gasteiger partial charge in [-0.3, -0.25) is 14.9 Å². The van der Waals surface area contributed by atoms with Crippen molar-refractivity contribution >= 4 is 17.2 Å². The number of nitrogens with zero attached hydrogens (tertiary/aromatic N) is 2. The fourth-order valence-electron chi connectivity index (χ4n) is 2.70. The van der Waals surface area contributed by atoms with Crippen molar-refractivity contribution in [3.63, 3.8) is 0 Å². The van der Waals surface area contributed by atoms with Gasteiger partial charge >= 0.3 is 0 Å². The molecule has 1 unspecified atom stereocenters. The number of hydrogen-bond donors (Lipinski definition) is 2. The van der Waals surface area contributed by atoms with Crippen LogP contribution in [0.2, 0.25) is 0 Å². The van der Waals surface area contributed by atoms with E-state index in [0.717, 1.165) is 29.1 Å². The first-order chi connectivity index (χ1) is 11.6. The van der Waals surface area contributed by atoms with E-state index in [4.69, 9.17) is 0 Å². The average Bonchev–Trinajstić information content (AvgIpc) is 3.20. The van der Waals surface area contributed by atoms with Crippen LogP contribution in [0.15, 0.2) is 41.2 Å². The molecule has 0 saturated carbocycles. The second-order valence-corrected chi connectivity index (χ2v) is 6.58. The summed E-state index contributed by atoms with van der Waals surface area (Å²) in [4.78, 5) is 17.0. The predicted octanol–water partition coefficient (Wildman–Crippen LogP) is 3.13. The van der Waals surface area contributed by atoms with Crippen molar-refractivity contribution in [3.05, 3.63) is 69.4 Å². The Labute approximate surface area is 145 Å². The molecule has 0 saturated heterocycles. The average molecular weight is 340 g/mol. The molecule has 1 amide bonds. The van der Waals surface area contributed by atoms with Crippen LogP contribution in [0.25, 0.3) is 0 Å². The molecule has 2 N–H and O–H groups in total. The van der Waals surface area contributed by atoms with Crippen molar-refractivity contribution < 1.29 is 4.79 Å². The van der Waals surface area contributed by atoms with Crippen LogP contribution in [-0.2, 0) is 17.6 Å². The number of carbonyl (C=O) groups excluding carboxylic acids is 1. The molecule has 3 heterocycles. The molecule has 0 fully saturated rings. The van der Waals surface area contributed by atoms with Gasteiger partial charge in [-0.05, 0) is 54.8 Å². The zero-order chi connectivity index (χ0) is 16.9. The second-order valence-electron chi connectivity index (χ2n) is 5.80. The van der Waals surface area contributed by atoms with Crippen LogP contribution in [-0.4, -0.2) is 21.1 Å². The summed E-state index contributed by atoms with van der Waals surface area (Å²) in [6, 6.07) is 7.72. The Balaban J connectivity index is 1.75. The molecule has 0 aliphatic heterocycles. The van der Waals surface area contributed by atoms with Crippen molar-refractivity contribution in [1.29, 1.82) is 0 Å². The fourth-order valence-corrected chi connectivity index (χ4v) is 3.38. The summed E-state index contributed by atoms with van der Waals surface area (Å²) in [6.07, 6.45) is 2.81.